The quantitative estimate of drug-likeness (QED) is 0.492. The standard InChI is InChI=1S/C30H31NO5/c1-30(20-6-5-7-23(16-20)34-15-14-31-12-3-2-4-13-31)29-25-11-9-21(32)17-27(25)35-19-26(29)24-10-8-22(33)18-28(24)36-30/h5-11,16-18,32-33H,2-4,12-15,19H2,1H3. The first-order chi connectivity index (χ1) is 17.5. The number of nitrogens with zero attached hydrogens (tertiary/aromatic N) is 1. The fourth-order valence-electron chi connectivity index (χ4n) is 5.66. The minimum Gasteiger partial charge on any atom is -0.508 e. The van der Waals surface area contributed by atoms with Crippen LogP contribution in [-0.2, 0) is 5.60 Å². The molecular formula is C30H31NO5. The highest BCUT2D eigenvalue weighted by atomic mass is 16.5. The van der Waals surface area contributed by atoms with Gasteiger partial charge in [-0.2, -0.15) is 0 Å². The summed E-state index contributed by atoms with van der Waals surface area (Å²) >= 11 is 0. The van der Waals surface area contributed by atoms with Crippen molar-refractivity contribution in [3.63, 3.8) is 0 Å². The Hall–Kier alpha value is -3.64. The van der Waals surface area contributed by atoms with Gasteiger partial charge in [-0.3, -0.25) is 4.90 Å². The van der Waals surface area contributed by atoms with E-state index in [2.05, 4.69) is 4.90 Å². The highest BCUT2D eigenvalue weighted by Crippen LogP contribution is 2.54. The van der Waals surface area contributed by atoms with Crippen LogP contribution in [0.1, 0.15) is 42.9 Å². The second kappa shape index (κ2) is 9.10. The average Bonchev–Trinajstić information content (AvgIpc) is 2.89. The van der Waals surface area contributed by atoms with Crippen LogP contribution in [0.4, 0.5) is 0 Å². The molecule has 0 amide bonds. The number of ether oxygens (including phenoxy) is 3. The molecule has 6 rings (SSSR count). The van der Waals surface area contributed by atoms with Gasteiger partial charge in [-0.15, -0.1) is 0 Å². The molecule has 0 bridgehead atoms. The molecule has 3 aliphatic heterocycles. The summed E-state index contributed by atoms with van der Waals surface area (Å²) in [7, 11) is 0. The highest BCUT2D eigenvalue weighted by Gasteiger charge is 2.44. The van der Waals surface area contributed by atoms with Crippen molar-refractivity contribution >= 4 is 11.1 Å². The van der Waals surface area contributed by atoms with Crippen LogP contribution in [0.5, 0.6) is 28.7 Å². The lowest BCUT2D eigenvalue weighted by atomic mass is 9.76. The zero-order chi connectivity index (χ0) is 24.7. The summed E-state index contributed by atoms with van der Waals surface area (Å²) in [5.41, 5.74) is 3.86. The van der Waals surface area contributed by atoms with Gasteiger partial charge in [0.15, 0.2) is 5.60 Å². The average molecular weight is 486 g/mol. The zero-order valence-electron chi connectivity index (χ0n) is 20.5. The third-order valence-electron chi connectivity index (χ3n) is 7.50. The van der Waals surface area contributed by atoms with Crippen LogP contribution in [-0.4, -0.2) is 48.0 Å². The molecule has 186 valence electrons. The molecule has 0 spiro atoms. The maximum atomic E-state index is 10.2. The molecule has 1 atom stereocenters. The van der Waals surface area contributed by atoms with Gasteiger partial charge in [-0.1, -0.05) is 18.6 Å². The Labute approximate surface area is 211 Å². The first-order valence-electron chi connectivity index (χ1n) is 12.7. The van der Waals surface area contributed by atoms with Crippen molar-refractivity contribution < 1.29 is 24.4 Å². The summed E-state index contributed by atoms with van der Waals surface area (Å²) in [5, 5.41) is 20.2. The molecule has 1 unspecified atom stereocenters. The smallest absolute Gasteiger partial charge is 0.157 e. The molecule has 0 radical (unpaired) electrons. The van der Waals surface area contributed by atoms with Crippen molar-refractivity contribution in [3.8, 4) is 28.7 Å². The number of phenols is 2. The predicted molar refractivity (Wildman–Crippen MR) is 139 cm³/mol. The Morgan fingerprint density at radius 3 is 2.44 bits per heavy atom. The van der Waals surface area contributed by atoms with Gasteiger partial charge in [-0.05, 0) is 69.3 Å². The summed E-state index contributed by atoms with van der Waals surface area (Å²) < 4.78 is 18.9. The van der Waals surface area contributed by atoms with Gasteiger partial charge < -0.3 is 24.4 Å². The molecule has 3 aromatic rings. The SMILES string of the molecule is CC1(c2cccc(OCCN3CCCCC3)c2)Oc2cc(O)ccc2C2=C1c1ccc(O)cc1OC2. The summed E-state index contributed by atoms with van der Waals surface area (Å²) in [6, 6.07) is 18.5. The molecule has 3 aliphatic rings. The van der Waals surface area contributed by atoms with E-state index in [1.165, 1.54) is 19.3 Å². The molecule has 3 heterocycles. The monoisotopic (exact) mass is 485 g/mol. The van der Waals surface area contributed by atoms with Gasteiger partial charge in [0.2, 0.25) is 0 Å². The van der Waals surface area contributed by atoms with Crippen molar-refractivity contribution in [3.05, 3.63) is 77.4 Å². The van der Waals surface area contributed by atoms with Gasteiger partial charge in [0, 0.05) is 46.5 Å². The Balaban J connectivity index is 1.38. The van der Waals surface area contributed by atoms with Crippen molar-refractivity contribution in [2.75, 3.05) is 32.8 Å². The molecule has 6 nitrogen and oxygen atoms in total. The summed E-state index contributed by atoms with van der Waals surface area (Å²) in [6.07, 6.45) is 3.86. The summed E-state index contributed by atoms with van der Waals surface area (Å²) in [6.45, 7) is 6.25. The van der Waals surface area contributed by atoms with E-state index in [4.69, 9.17) is 14.2 Å². The lowest BCUT2D eigenvalue weighted by Crippen LogP contribution is -2.37. The van der Waals surface area contributed by atoms with E-state index in [9.17, 15) is 10.2 Å². The third kappa shape index (κ3) is 4.05. The highest BCUT2D eigenvalue weighted by molar-refractivity contribution is 6.01. The van der Waals surface area contributed by atoms with Crippen LogP contribution >= 0.6 is 0 Å². The number of rotatable bonds is 5. The van der Waals surface area contributed by atoms with Crippen molar-refractivity contribution in [1.29, 1.82) is 0 Å². The first kappa shape index (κ1) is 22.8. The molecule has 2 N–H and O–H groups in total. The van der Waals surface area contributed by atoms with Crippen molar-refractivity contribution in [1.82, 2.24) is 4.90 Å². The Morgan fingerprint density at radius 2 is 1.64 bits per heavy atom. The van der Waals surface area contributed by atoms with Gasteiger partial charge >= 0.3 is 0 Å². The number of hydrogen-bond acceptors (Lipinski definition) is 6. The zero-order valence-corrected chi connectivity index (χ0v) is 20.5. The van der Waals surface area contributed by atoms with Gasteiger partial charge in [0.1, 0.15) is 42.0 Å². The molecule has 3 aromatic carbocycles. The maximum absolute atomic E-state index is 10.2. The fraction of sp³-hybridized carbons (Fsp3) is 0.333. The van der Waals surface area contributed by atoms with Crippen LogP contribution in [0.25, 0.3) is 11.1 Å². The fourth-order valence-corrected chi connectivity index (χ4v) is 5.66. The van der Waals surface area contributed by atoms with Crippen LogP contribution in [0.3, 0.4) is 0 Å². The molecule has 6 heteroatoms. The molecule has 0 aliphatic carbocycles. The minimum atomic E-state index is -0.863. The molecule has 1 saturated heterocycles. The number of phenolic OH excluding ortho intramolecular Hbond substituents is 2. The van der Waals surface area contributed by atoms with E-state index in [-0.39, 0.29) is 11.5 Å². The van der Waals surface area contributed by atoms with Crippen molar-refractivity contribution in [2.24, 2.45) is 0 Å². The Bertz CT molecular complexity index is 1330. The van der Waals surface area contributed by atoms with E-state index in [1.54, 1.807) is 24.3 Å². The van der Waals surface area contributed by atoms with Gasteiger partial charge in [0.05, 0.1) is 0 Å². The summed E-state index contributed by atoms with van der Waals surface area (Å²) in [4.78, 5) is 2.47. The Kier molecular flexibility index (Phi) is 5.76. The number of aromatic hydroxyl groups is 2. The lowest BCUT2D eigenvalue weighted by molar-refractivity contribution is 0.144. The van der Waals surface area contributed by atoms with Crippen molar-refractivity contribution in [2.45, 2.75) is 31.8 Å². The number of fused-ring (bicyclic) bond motifs is 4. The van der Waals surface area contributed by atoms with Gasteiger partial charge in [-0.25, -0.2) is 0 Å². The Morgan fingerprint density at radius 1 is 0.889 bits per heavy atom. The van der Waals surface area contributed by atoms with E-state index < -0.39 is 5.60 Å². The second-order valence-corrected chi connectivity index (χ2v) is 9.92. The molecule has 1 fully saturated rings. The number of benzene rings is 3. The largest absolute Gasteiger partial charge is 0.508 e. The molecule has 0 aromatic heterocycles. The number of piperidine rings is 1. The van der Waals surface area contributed by atoms with Crippen LogP contribution in [0.15, 0.2) is 60.7 Å². The number of hydrogen-bond donors (Lipinski definition) is 2. The van der Waals surface area contributed by atoms with E-state index >= 15 is 0 Å². The van der Waals surface area contributed by atoms with Crippen LogP contribution < -0.4 is 14.2 Å². The molecule has 36 heavy (non-hydrogen) atoms. The maximum Gasteiger partial charge on any atom is 0.157 e. The minimum absolute atomic E-state index is 0.150. The van der Waals surface area contributed by atoms with E-state index in [0.29, 0.717) is 24.7 Å². The van der Waals surface area contributed by atoms with Gasteiger partial charge in [0.25, 0.3) is 0 Å². The van der Waals surface area contributed by atoms with Crippen LogP contribution in [0, 0.1) is 0 Å². The van der Waals surface area contributed by atoms with Crippen LogP contribution in [0.2, 0.25) is 0 Å². The molecular weight excluding hydrogens is 454 g/mol. The second-order valence-electron chi connectivity index (χ2n) is 9.92. The predicted octanol–water partition coefficient (Wildman–Crippen LogP) is 5.57. The summed E-state index contributed by atoms with van der Waals surface area (Å²) in [5.74, 6) is 2.34. The van der Waals surface area contributed by atoms with E-state index in [1.807, 2.05) is 43.3 Å². The first-order valence-corrected chi connectivity index (χ1v) is 12.7. The topological polar surface area (TPSA) is 71.4 Å². The number of likely N-dealkylation sites (tertiary alicyclic amines) is 1. The normalized spacial score (nSPS) is 21.0. The molecule has 0 saturated carbocycles. The lowest BCUT2D eigenvalue weighted by Gasteiger charge is -2.42. The van der Waals surface area contributed by atoms with E-state index in [0.717, 1.165) is 53.2 Å². The third-order valence-corrected chi connectivity index (χ3v) is 7.50.